The fraction of sp³-hybridized carbons (Fsp3) is 0.0625. The maximum Gasteiger partial charge on any atom is 0.193 e. The van der Waals surface area contributed by atoms with E-state index in [4.69, 9.17) is 16.0 Å². The van der Waals surface area contributed by atoms with E-state index in [1.54, 1.807) is 12.1 Å². The third-order valence-electron chi connectivity index (χ3n) is 3.06. The second kappa shape index (κ2) is 5.08. The van der Waals surface area contributed by atoms with Crippen molar-refractivity contribution < 1.29 is 4.42 Å². The quantitative estimate of drug-likeness (QED) is 0.605. The van der Waals surface area contributed by atoms with Crippen LogP contribution in [-0.4, -0.2) is 0 Å². The highest BCUT2D eigenvalue weighted by molar-refractivity contribution is 9.10. The molecule has 0 aliphatic rings. The number of rotatable bonds is 1. The summed E-state index contributed by atoms with van der Waals surface area (Å²) in [5.74, 6) is 0.531. The Morgan fingerprint density at radius 2 is 1.80 bits per heavy atom. The first kappa shape index (κ1) is 13.4. The molecule has 0 saturated heterocycles. The Balaban J connectivity index is 2.29. The van der Waals surface area contributed by atoms with Gasteiger partial charge >= 0.3 is 0 Å². The van der Waals surface area contributed by atoms with E-state index in [1.807, 2.05) is 31.2 Å². The van der Waals surface area contributed by atoms with Crippen LogP contribution in [0.2, 0.25) is 5.02 Å². The molecule has 2 nitrogen and oxygen atoms in total. The minimum Gasteiger partial charge on any atom is -0.455 e. The lowest BCUT2D eigenvalue weighted by Gasteiger charge is -2.06. The molecule has 0 unspecified atom stereocenters. The fourth-order valence-electron chi connectivity index (χ4n) is 2.11. The third kappa shape index (κ3) is 2.39. The number of aryl methyl sites for hydroxylation is 1. The lowest BCUT2D eigenvalue weighted by molar-refractivity contribution is 0.617. The molecule has 4 heteroatoms. The maximum atomic E-state index is 12.2. The van der Waals surface area contributed by atoms with E-state index in [-0.39, 0.29) is 5.43 Å². The van der Waals surface area contributed by atoms with Gasteiger partial charge in [0.05, 0.1) is 9.86 Å². The van der Waals surface area contributed by atoms with Crippen molar-refractivity contribution in [1.82, 2.24) is 0 Å². The third-order valence-corrected chi connectivity index (χ3v) is 3.90. The van der Waals surface area contributed by atoms with Crippen molar-refractivity contribution in [3.63, 3.8) is 0 Å². The minimum absolute atomic E-state index is 0.0550. The monoisotopic (exact) mass is 348 g/mol. The van der Waals surface area contributed by atoms with Gasteiger partial charge in [-0.1, -0.05) is 11.6 Å². The second-order valence-corrected chi connectivity index (χ2v) is 5.90. The summed E-state index contributed by atoms with van der Waals surface area (Å²) >= 11 is 9.31. The highest BCUT2D eigenvalue weighted by Gasteiger charge is 2.10. The van der Waals surface area contributed by atoms with Crippen molar-refractivity contribution in [2.24, 2.45) is 0 Å². The summed E-state index contributed by atoms with van der Waals surface area (Å²) in [6.07, 6.45) is 0. The van der Waals surface area contributed by atoms with Gasteiger partial charge in [0, 0.05) is 16.7 Å². The molecule has 0 spiro atoms. The molecular formula is C16H10BrClO2. The van der Waals surface area contributed by atoms with Crippen LogP contribution in [0.5, 0.6) is 0 Å². The van der Waals surface area contributed by atoms with Crippen molar-refractivity contribution in [2.75, 3.05) is 0 Å². The molecule has 2 aromatic carbocycles. The van der Waals surface area contributed by atoms with Gasteiger partial charge in [-0.3, -0.25) is 4.79 Å². The van der Waals surface area contributed by atoms with E-state index in [0.29, 0.717) is 21.8 Å². The molecule has 0 aliphatic heterocycles. The Kier molecular flexibility index (Phi) is 3.40. The lowest BCUT2D eigenvalue weighted by atomic mass is 10.1. The molecule has 0 aliphatic carbocycles. The smallest absolute Gasteiger partial charge is 0.193 e. The first-order chi connectivity index (χ1) is 9.54. The van der Waals surface area contributed by atoms with Gasteiger partial charge in [-0.15, -0.1) is 0 Å². The normalized spacial score (nSPS) is 10.9. The first-order valence-electron chi connectivity index (χ1n) is 6.04. The average Bonchev–Trinajstić information content (AvgIpc) is 2.40. The Labute approximate surface area is 129 Å². The second-order valence-electron chi connectivity index (χ2n) is 4.61. The van der Waals surface area contributed by atoms with Crippen LogP contribution in [0.15, 0.2) is 56.1 Å². The molecular weight excluding hydrogens is 340 g/mol. The van der Waals surface area contributed by atoms with Gasteiger partial charge in [-0.25, -0.2) is 0 Å². The van der Waals surface area contributed by atoms with Crippen LogP contribution in [-0.2, 0) is 0 Å². The van der Waals surface area contributed by atoms with Crippen LogP contribution in [0.25, 0.3) is 22.3 Å². The van der Waals surface area contributed by atoms with Crippen LogP contribution in [0.3, 0.4) is 0 Å². The summed E-state index contributed by atoms with van der Waals surface area (Å²) < 4.78 is 6.64. The molecule has 0 saturated carbocycles. The molecule has 100 valence electrons. The molecule has 0 radical (unpaired) electrons. The first-order valence-corrected chi connectivity index (χ1v) is 7.21. The zero-order chi connectivity index (χ0) is 14.3. The van der Waals surface area contributed by atoms with Crippen molar-refractivity contribution >= 4 is 38.5 Å². The van der Waals surface area contributed by atoms with Gasteiger partial charge in [0.25, 0.3) is 0 Å². The van der Waals surface area contributed by atoms with Gasteiger partial charge in [0.2, 0.25) is 0 Å². The standard InChI is InChI=1S/C16H10BrClO2/c1-9-6-12-14(19)8-15(20-16(12)13(17)7-9)10-2-4-11(18)5-3-10/h2-8H,1H3. The summed E-state index contributed by atoms with van der Waals surface area (Å²) in [5.41, 5.74) is 2.34. The number of hydrogen-bond donors (Lipinski definition) is 0. The number of halogens is 2. The Morgan fingerprint density at radius 3 is 2.50 bits per heavy atom. The maximum absolute atomic E-state index is 12.2. The zero-order valence-corrected chi connectivity index (χ0v) is 13.0. The molecule has 0 amide bonds. The number of benzene rings is 2. The highest BCUT2D eigenvalue weighted by atomic mass is 79.9. The molecule has 0 atom stereocenters. The highest BCUT2D eigenvalue weighted by Crippen LogP contribution is 2.28. The van der Waals surface area contributed by atoms with E-state index in [2.05, 4.69) is 15.9 Å². The molecule has 1 heterocycles. The minimum atomic E-state index is -0.0550. The summed E-state index contributed by atoms with van der Waals surface area (Å²) in [5, 5.41) is 1.23. The summed E-state index contributed by atoms with van der Waals surface area (Å²) in [7, 11) is 0. The van der Waals surface area contributed by atoms with Crippen molar-refractivity contribution in [3.8, 4) is 11.3 Å². The summed E-state index contributed by atoms with van der Waals surface area (Å²) in [4.78, 5) is 12.2. The molecule has 3 rings (SSSR count). The van der Waals surface area contributed by atoms with E-state index in [0.717, 1.165) is 15.6 Å². The molecule has 0 bridgehead atoms. The van der Waals surface area contributed by atoms with E-state index in [9.17, 15) is 4.79 Å². The van der Waals surface area contributed by atoms with E-state index in [1.165, 1.54) is 6.07 Å². The van der Waals surface area contributed by atoms with Gasteiger partial charge in [-0.05, 0) is 64.8 Å². The molecule has 20 heavy (non-hydrogen) atoms. The summed E-state index contributed by atoms with van der Waals surface area (Å²) in [6.45, 7) is 1.94. The van der Waals surface area contributed by atoms with Gasteiger partial charge in [0.1, 0.15) is 5.76 Å². The van der Waals surface area contributed by atoms with Gasteiger partial charge in [0.15, 0.2) is 11.0 Å². The van der Waals surface area contributed by atoms with Crippen molar-refractivity contribution in [3.05, 3.63) is 67.7 Å². The molecule has 0 fully saturated rings. The number of hydrogen-bond acceptors (Lipinski definition) is 2. The van der Waals surface area contributed by atoms with Crippen LogP contribution in [0.4, 0.5) is 0 Å². The summed E-state index contributed by atoms with van der Waals surface area (Å²) in [6, 6.07) is 12.5. The lowest BCUT2D eigenvalue weighted by Crippen LogP contribution is -2.01. The Bertz CT molecular complexity index is 851. The van der Waals surface area contributed by atoms with Crippen LogP contribution in [0.1, 0.15) is 5.56 Å². The fourth-order valence-corrected chi connectivity index (χ4v) is 2.89. The van der Waals surface area contributed by atoms with Gasteiger partial charge in [-0.2, -0.15) is 0 Å². The van der Waals surface area contributed by atoms with Crippen LogP contribution in [0, 0.1) is 6.92 Å². The topological polar surface area (TPSA) is 30.2 Å². The zero-order valence-electron chi connectivity index (χ0n) is 10.6. The van der Waals surface area contributed by atoms with Crippen molar-refractivity contribution in [2.45, 2.75) is 6.92 Å². The Hall–Kier alpha value is -1.58. The Morgan fingerprint density at radius 1 is 1.10 bits per heavy atom. The van der Waals surface area contributed by atoms with Crippen LogP contribution < -0.4 is 5.43 Å². The predicted octanol–water partition coefficient (Wildman–Crippen LogP) is 5.18. The van der Waals surface area contributed by atoms with E-state index >= 15 is 0 Å². The largest absolute Gasteiger partial charge is 0.455 e. The van der Waals surface area contributed by atoms with Gasteiger partial charge < -0.3 is 4.42 Å². The predicted molar refractivity (Wildman–Crippen MR) is 85.4 cm³/mol. The van der Waals surface area contributed by atoms with Crippen LogP contribution >= 0.6 is 27.5 Å². The van der Waals surface area contributed by atoms with E-state index < -0.39 is 0 Å². The number of fused-ring (bicyclic) bond motifs is 1. The molecule has 1 aromatic heterocycles. The van der Waals surface area contributed by atoms with Crippen molar-refractivity contribution in [1.29, 1.82) is 0 Å². The average molecular weight is 350 g/mol. The molecule has 3 aromatic rings. The SMILES string of the molecule is Cc1cc(Br)c2oc(-c3ccc(Cl)cc3)cc(=O)c2c1. The molecule has 0 N–H and O–H groups in total.